The topological polar surface area (TPSA) is 0 Å². The van der Waals surface area contributed by atoms with Crippen molar-refractivity contribution in [2.75, 3.05) is 0 Å². The van der Waals surface area contributed by atoms with E-state index in [1.165, 1.54) is 120 Å². The van der Waals surface area contributed by atoms with Crippen LogP contribution in [-0.4, -0.2) is 0 Å². The molecule has 0 atom stereocenters. The molecule has 306 valence electrons. The Morgan fingerprint density at radius 1 is 0.246 bits per heavy atom. The van der Waals surface area contributed by atoms with Gasteiger partial charge in [-0.1, -0.05) is 220 Å². The van der Waals surface area contributed by atoms with Gasteiger partial charge in [0.05, 0.1) is 5.41 Å². The van der Waals surface area contributed by atoms with Gasteiger partial charge in [0, 0.05) is 15.2 Å². The van der Waals surface area contributed by atoms with Crippen LogP contribution in [0.1, 0.15) is 47.2 Å². The van der Waals surface area contributed by atoms with E-state index in [9.17, 15) is 0 Å². The van der Waals surface area contributed by atoms with Crippen molar-refractivity contribution in [2.24, 2.45) is 0 Å². The van der Waals surface area contributed by atoms with E-state index >= 15 is 0 Å². The molecule has 1 spiro atoms. The molecule has 0 fully saturated rings. The third kappa shape index (κ3) is 5.72. The molecule has 1 aliphatic heterocycles. The zero-order valence-corrected chi connectivity index (χ0v) is 37.2. The first-order valence-corrected chi connectivity index (χ1v) is 23.6. The summed E-state index contributed by atoms with van der Waals surface area (Å²) in [5.41, 5.74) is 17.4. The number of fused-ring (bicyclic) bond motifs is 14. The maximum atomic E-state index is 2.44. The van der Waals surface area contributed by atoms with Crippen molar-refractivity contribution in [3.63, 3.8) is 0 Å². The normalized spacial score (nSPS) is 14.2. The van der Waals surface area contributed by atoms with Crippen LogP contribution in [-0.2, 0) is 10.8 Å². The molecule has 0 amide bonds. The Kier molecular flexibility index (Phi) is 8.51. The highest BCUT2D eigenvalue weighted by molar-refractivity contribution is 7.99. The van der Waals surface area contributed by atoms with Crippen molar-refractivity contribution in [1.82, 2.24) is 0 Å². The molecule has 0 N–H and O–H groups in total. The minimum absolute atomic E-state index is 0.124. The quantitative estimate of drug-likeness (QED) is 0.159. The summed E-state index contributed by atoms with van der Waals surface area (Å²) >= 11 is 1.91. The lowest BCUT2D eigenvalue weighted by Crippen LogP contribution is -2.43. The van der Waals surface area contributed by atoms with Crippen LogP contribution >= 0.6 is 11.8 Å². The molecule has 0 radical (unpaired) electrons. The summed E-state index contributed by atoms with van der Waals surface area (Å²) < 4.78 is 0. The molecule has 2 aliphatic rings. The summed E-state index contributed by atoms with van der Waals surface area (Å²) in [7, 11) is 0. The molecular weight excluding hydrogens is 801 g/mol. The first-order valence-electron chi connectivity index (χ1n) is 22.7. The molecular formula is C64H44S. The Bertz CT molecular complexity index is 3620. The molecule has 0 saturated heterocycles. The molecule has 11 aromatic rings. The van der Waals surface area contributed by atoms with E-state index in [1.54, 1.807) is 0 Å². The lowest BCUT2D eigenvalue weighted by atomic mass is 9.54. The van der Waals surface area contributed by atoms with Crippen LogP contribution in [0.2, 0.25) is 0 Å². The van der Waals surface area contributed by atoms with Crippen LogP contribution in [0.4, 0.5) is 0 Å². The third-order valence-corrected chi connectivity index (χ3v) is 15.7. The van der Waals surface area contributed by atoms with Gasteiger partial charge >= 0.3 is 0 Å². The monoisotopic (exact) mass is 844 g/mol. The number of hydrogen-bond donors (Lipinski definition) is 0. The third-order valence-electron chi connectivity index (χ3n) is 14.6. The maximum Gasteiger partial charge on any atom is 0.0729 e. The standard InChI is InChI=1S/C64H44S/c1-63(2)55-22-10-12-24-57(55)64(58-25-13-11-23-56(58)63)59-26-14-15-27-61(59)65-62-40-45(33-35-60(62)64)42-28-30-43(31-29-42)47-36-46(41-16-4-3-5-17-41)37-48(38-47)44-32-34-53-51-20-7-6-18-49(51)50-19-8-9-21-52(50)54(53)39-44/h3-40H,1-2H3. The van der Waals surface area contributed by atoms with Crippen molar-refractivity contribution in [1.29, 1.82) is 0 Å². The maximum absolute atomic E-state index is 2.44. The average molecular weight is 845 g/mol. The SMILES string of the molecule is CC1(C)c2ccccc2C2(c3ccccc3Sc3cc(-c4ccc(-c5cc(-c6ccccc6)cc(-c6ccc7c8ccccc8c8ccccc8c7c6)c5)cc4)ccc32)c2ccccc21. The van der Waals surface area contributed by atoms with Crippen LogP contribution in [0.5, 0.6) is 0 Å². The Morgan fingerprint density at radius 2 is 0.631 bits per heavy atom. The zero-order valence-electron chi connectivity index (χ0n) is 36.3. The molecule has 0 nitrogen and oxygen atoms in total. The van der Waals surface area contributed by atoms with Gasteiger partial charge in [-0.3, -0.25) is 0 Å². The Labute approximate surface area is 384 Å². The zero-order chi connectivity index (χ0) is 43.3. The van der Waals surface area contributed by atoms with E-state index in [4.69, 9.17) is 0 Å². The summed E-state index contributed by atoms with van der Waals surface area (Å²) in [6.07, 6.45) is 0. The number of benzene rings is 11. The number of rotatable bonds is 4. The van der Waals surface area contributed by atoms with Crippen LogP contribution in [0.15, 0.2) is 240 Å². The van der Waals surface area contributed by atoms with Crippen molar-refractivity contribution in [2.45, 2.75) is 34.5 Å². The predicted octanol–water partition coefficient (Wildman–Crippen LogP) is 17.3. The lowest BCUT2D eigenvalue weighted by Gasteiger charge is -2.50. The molecule has 0 saturated carbocycles. The van der Waals surface area contributed by atoms with E-state index in [0.717, 1.165) is 0 Å². The fourth-order valence-electron chi connectivity index (χ4n) is 11.5. The summed E-state index contributed by atoms with van der Waals surface area (Å²) in [5, 5.41) is 7.74. The second kappa shape index (κ2) is 14.5. The average Bonchev–Trinajstić information content (AvgIpc) is 3.37. The van der Waals surface area contributed by atoms with E-state index in [0.29, 0.717) is 0 Å². The summed E-state index contributed by atoms with van der Waals surface area (Å²) in [6, 6.07) is 86.5. The molecule has 1 heterocycles. The summed E-state index contributed by atoms with van der Waals surface area (Å²) in [6.45, 7) is 4.78. The fraction of sp³-hybridized carbons (Fsp3) is 0.0625. The first-order chi connectivity index (χ1) is 32.0. The second-order valence-electron chi connectivity index (χ2n) is 18.4. The van der Waals surface area contributed by atoms with Gasteiger partial charge in [-0.25, -0.2) is 0 Å². The highest BCUT2D eigenvalue weighted by Gasteiger charge is 2.52. The molecule has 0 aromatic heterocycles. The van der Waals surface area contributed by atoms with Crippen LogP contribution in [0.3, 0.4) is 0 Å². The smallest absolute Gasteiger partial charge is 0.0729 e. The van der Waals surface area contributed by atoms with Crippen molar-refractivity contribution < 1.29 is 0 Å². The molecule has 65 heavy (non-hydrogen) atoms. The molecule has 0 bridgehead atoms. The lowest BCUT2D eigenvalue weighted by molar-refractivity contribution is 0.549. The van der Waals surface area contributed by atoms with E-state index in [-0.39, 0.29) is 5.41 Å². The van der Waals surface area contributed by atoms with Gasteiger partial charge in [0.2, 0.25) is 0 Å². The van der Waals surface area contributed by atoms with Gasteiger partial charge in [0.15, 0.2) is 0 Å². The Balaban J connectivity index is 0.927. The van der Waals surface area contributed by atoms with Crippen molar-refractivity contribution in [3.05, 3.63) is 264 Å². The van der Waals surface area contributed by atoms with Gasteiger partial charge in [-0.15, -0.1) is 0 Å². The highest BCUT2D eigenvalue weighted by Crippen LogP contribution is 2.61. The van der Waals surface area contributed by atoms with Gasteiger partial charge in [-0.05, 0) is 147 Å². The van der Waals surface area contributed by atoms with Gasteiger partial charge in [0.25, 0.3) is 0 Å². The van der Waals surface area contributed by atoms with E-state index < -0.39 is 5.41 Å². The first kappa shape index (κ1) is 38.0. The Hall–Kier alpha value is -7.45. The predicted molar refractivity (Wildman–Crippen MR) is 275 cm³/mol. The number of hydrogen-bond acceptors (Lipinski definition) is 1. The largest absolute Gasteiger partial charge is 0.0894 e. The molecule has 1 aliphatic carbocycles. The molecule has 0 unspecified atom stereocenters. The molecule has 11 aromatic carbocycles. The van der Waals surface area contributed by atoms with Crippen LogP contribution < -0.4 is 0 Å². The summed E-state index contributed by atoms with van der Waals surface area (Å²) in [4.78, 5) is 2.63. The van der Waals surface area contributed by atoms with E-state index in [1.807, 2.05) is 11.8 Å². The van der Waals surface area contributed by atoms with Crippen LogP contribution in [0, 0.1) is 0 Å². The molecule has 13 rings (SSSR count). The van der Waals surface area contributed by atoms with Crippen molar-refractivity contribution in [3.8, 4) is 44.5 Å². The van der Waals surface area contributed by atoms with Gasteiger partial charge < -0.3 is 0 Å². The fourth-order valence-corrected chi connectivity index (χ4v) is 12.7. The van der Waals surface area contributed by atoms with Crippen LogP contribution in [0.25, 0.3) is 76.8 Å². The highest BCUT2D eigenvalue weighted by atomic mass is 32.2. The van der Waals surface area contributed by atoms with Gasteiger partial charge in [-0.2, -0.15) is 0 Å². The second-order valence-corrected chi connectivity index (χ2v) is 19.5. The minimum atomic E-state index is -0.421. The molecule has 1 heteroatoms. The minimum Gasteiger partial charge on any atom is -0.0894 e. The van der Waals surface area contributed by atoms with Gasteiger partial charge in [0.1, 0.15) is 0 Å². The van der Waals surface area contributed by atoms with E-state index in [2.05, 4.69) is 244 Å². The summed E-state index contributed by atoms with van der Waals surface area (Å²) in [5.74, 6) is 0. The Morgan fingerprint density at radius 3 is 1.23 bits per heavy atom. The van der Waals surface area contributed by atoms with Crippen molar-refractivity contribution >= 4 is 44.1 Å².